The van der Waals surface area contributed by atoms with Crippen LogP contribution in [0.3, 0.4) is 0 Å². The van der Waals surface area contributed by atoms with E-state index in [9.17, 15) is 14.7 Å². The fourth-order valence-electron chi connectivity index (χ4n) is 3.03. The van der Waals surface area contributed by atoms with Crippen LogP contribution >= 0.6 is 0 Å². The molecule has 0 aromatic carbocycles. The van der Waals surface area contributed by atoms with E-state index in [0.29, 0.717) is 13.0 Å². The van der Waals surface area contributed by atoms with Crippen molar-refractivity contribution in [2.75, 3.05) is 19.6 Å². The molecule has 2 N–H and O–H groups in total. The Morgan fingerprint density at radius 1 is 1.30 bits per heavy atom. The molecule has 114 valence electrons. The van der Waals surface area contributed by atoms with Crippen LogP contribution in [0.15, 0.2) is 0 Å². The summed E-state index contributed by atoms with van der Waals surface area (Å²) in [5, 5.41) is 12.3. The lowest BCUT2D eigenvalue weighted by Crippen LogP contribution is -2.54. The zero-order valence-corrected chi connectivity index (χ0v) is 12.5. The molecule has 0 spiro atoms. The SMILES string of the molecule is CC(C)C(=O)NC1CC(C(=O)O)CN(CC2CCC2)C1. The Labute approximate surface area is 120 Å². The molecule has 1 aliphatic carbocycles. The molecule has 1 saturated heterocycles. The average molecular weight is 282 g/mol. The lowest BCUT2D eigenvalue weighted by molar-refractivity contribution is -0.144. The van der Waals surface area contributed by atoms with Crippen molar-refractivity contribution in [2.24, 2.45) is 17.8 Å². The fourth-order valence-corrected chi connectivity index (χ4v) is 3.03. The molecule has 1 amide bonds. The van der Waals surface area contributed by atoms with Crippen LogP contribution in [0.5, 0.6) is 0 Å². The molecule has 2 rings (SSSR count). The molecule has 5 heteroatoms. The summed E-state index contributed by atoms with van der Waals surface area (Å²) in [6.45, 7) is 6.12. The van der Waals surface area contributed by atoms with Gasteiger partial charge in [-0.1, -0.05) is 20.3 Å². The molecule has 0 aromatic heterocycles. The van der Waals surface area contributed by atoms with Gasteiger partial charge in [0.1, 0.15) is 0 Å². The maximum Gasteiger partial charge on any atom is 0.307 e. The van der Waals surface area contributed by atoms with Crippen molar-refractivity contribution in [2.45, 2.75) is 45.6 Å². The van der Waals surface area contributed by atoms with Gasteiger partial charge in [-0.15, -0.1) is 0 Å². The number of carbonyl (C=O) groups excluding carboxylic acids is 1. The lowest BCUT2D eigenvalue weighted by atomic mass is 9.84. The monoisotopic (exact) mass is 282 g/mol. The van der Waals surface area contributed by atoms with Gasteiger partial charge < -0.3 is 15.3 Å². The van der Waals surface area contributed by atoms with Gasteiger partial charge in [0.2, 0.25) is 5.91 Å². The van der Waals surface area contributed by atoms with Crippen LogP contribution in [0.25, 0.3) is 0 Å². The van der Waals surface area contributed by atoms with Crippen molar-refractivity contribution >= 4 is 11.9 Å². The highest BCUT2D eigenvalue weighted by Gasteiger charge is 2.34. The Bertz CT molecular complexity index is 366. The Kier molecular flexibility index (Phi) is 5.02. The summed E-state index contributed by atoms with van der Waals surface area (Å²) in [6.07, 6.45) is 4.37. The van der Waals surface area contributed by atoms with E-state index >= 15 is 0 Å². The number of hydrogen-bond donors (Lipinski definition) is 2. The number of hydrogen-bond acceptors (Lipinski definition) is 3. The van der Waals surface area contributed by atoms with Crippen LogP contribution in [0, 0.1) is 17.8 Å². The van der Waals surface area contributed by atoms with Crippen LogP contribution in [0.4, 0.5) is 0 Å². The summed E-state index contributed by atoms with van der Waals surface area (Å²) in [4.78, 5) is 25.3. The molecule has 2 atom stereocenters. The third-order valence-electron chi connectivity index (χ3n) is 4.49. The van der Waals surface area contributed by atoms with E-state index in [1.165, 1.54) is 19.3 Å². The molecule has 2 unspecified atom stereocenters. The predicted molar refractivity (Wildman–Crippen MR) is 76.3 cm³/mol. The minimum Gasteiger partial charge on any atom is -0.481 e. The number of piperidine rings is 1. The van der Waals surface area contributed by atoms with Gasteiger partial charge >= 0.3 is 5.97 Å². The number of amides is 1. The first-order chi connectivity index (χ1) is 9.45. The van der Waals surface area contributed by atoms with Crippen LogP contribution in [0.2, 0.25) is 0 Å². The van der Waals surface area contributed by atoms with E-state index in [4.69, 9.17) is 0 Å². The van der Waals surface area contributed by atoms with Gasteiger partial charge in [-0.05, 0) is 25.2 Å². The molecular formula is C15H26N2O3. The molecular weight excluding hydrogens is 256 g/mol. The molecule has 1 saturated carbocycles. The smallest absolute Gasteiger partial charge is 0.307 e. The topological polar surface area (TPSA) is 69.6 Å². The highest BCUT2D eigenvalue weighted by atomic mass is 16.4. The van der Waals surface area contributed by atoms with Crippen molar-refractivity contribution in [3.05, 3.63) is 0 Å². The van der Waals surface area contributed by atoms with Gasteiger partial charge in [-0.25, -0.2) is 0 Å². The Morgan fingerprint density at radius 3 is 2.50 bits per heavy atom. The van der Waals surface area contributed by atoms with Gasteiger partial charge in [-0.3, -0.25) is 9.59 Å². The van der Waals surface area contributed by atoms with Crippen molar-refractivity contribution in [3.8, 4) is 0 Å². The molecule has 2 aliphatic rings. The number of aliphatic carboxylic acids is 1. The van der Waals surface area contributed by atoms with Crippen molar-refractivity contribution in [3.63, 3.8) is 0 Å². The summed E-state index contributed by atoms with van der Waals surface area (Å²) >= 11 is 0. The first-order valence-corrected chi connectivity index (χ1v) is 7.71. The minimum absolute atomic E-state index is 0.0182. The number of carbonyl (C=O) groups is 2. The maximum absolute atomic E-state index is 11.8. The van der Waals surface area contributed by atoms with Gasteiger partial charge in [-0.2, -0.15) is 0 Å². The summed E-state index contributed by atoms with van der Waals surface area (Å²) in [7, 11) is 0. The highest BCUT2D eigenvalue weighted by molar-refractivity contribution is 5.78. The summed E-state index contributed by atoms with van der Waals surface area (Å²) in [5.74, 6) is -0.415. The normalized spacial score (nSPS) is 28.1. The average Bonchev–Trinajstić information content (AvgIpc) is 2.33. The number of likely N-dealkylation sites (tertiary alicyclic amines) is 1. The van der Waals surface area contributed by atoms with E-state index in [0.717, 1.165) is 19.0 Å². The summed E-state index contributed by atoms with van der Waals surface area (Å²) in [5.41, 5.74) is 0. The molecule has 1 aliphatic heterocycles. The van der Waals surface area contributed by atoms with Crippen molar-refractivity contribution in [1.82, 2.24) is 10.2 Å². The fraction of sp³-hybridized carbons (Fsp3) is 0.867. The third kappa shape index (κ3) is 3.95. The molecule has 0 aromatic rings. The quantitative estimate of drug-likeness (QED) is 0.798. The molecule has 20 heavy (non-hydrogen) atoms. The van der Waals surface area contributed by atoms with Crippen molar-refractivity contribution in [1.29, 1.82) is 0 Å². The number of carboxylic acids is 1. The van der Waals surface area contributed by atoms with E-state index in [-0.39, 0.29) is 23.8 Å². The predicted octanol–water partition coefficient (Wildman–Crippen LogP) is 1.33. The zero-order valence-electron chi connectivity index (χ0n) is 12.5. The summed E-state index contributed by atoms with van der Waals surface area (Å²) < 4.78 is 0. The first-order valence-electron chi connectivity index (χ1n) is 7.71. The summed E-state index contributed by atoms with van der Waals surface area (Å²) in [6, 6.07) is -0.0279. The van der Waals surface area contributed by atoms with Crippen LogP contribution < -0.4 is 5.32 Å². The largest absolute Gasteiger partial charge is 0.481 e. The number of rotatable bonds is 5. The zero-order chi connectivity index (χ0) is 14.7. The highest BCUT2D eigenvalue weighted by Crippen LogP contribution is 2.29. The standard InChI is InChI=1S/C15H26N2O3/c1-10(2)14(18)16-13-6-12(15(19)20)8-17(9-13)7-11-4-3-5-11/h10-13H,3-9H2,1-2H3,(H,16,18)(H,19,20). The van der Waals surface area contributed by atoms with E-state index < -0.39 is 5.97 Å². The van der Waals surface area contributed by atoms with E-state index in [2.05, 4.69) is 10.2 Å². The molecule has 1 heterocycles. The van der Waals surface area contributed by atoms with E-state index in [1.54, 1.807) is 0 Å². The minimum atomic E-state index is -0.743. The van der Waals surface area contributed by atoms with Crippen LogP contribution in [0.1, 0.15) is 39.5 Å². The first kappa shape index (κ1) is 15.3. The Balaban J connectivity index is 1.92. The second kappa shape index (κ2) is 6.57. The Morgan fingerprint density at radius 2 is 2.00 bits per heavy atom. The van der Waals surface area contributed by atoms with Crippen molar-refractivity contribution < 1.29 is 14.7 Å². The van der Waals surface area contributed by atoms with Crippen LogP contribution in [-0.2, 0) is 9.59 Å². The molecule has 2 fully saturated rings. The number of nitrogens with zero attached hydrogens (tertiary/aromatic N) is 1. The van der Waals surface area contributed by atoms with Gasteiger partial charge in [0.25, 0.3) is 0 Å². The number of carboxylic acid groups (broad SMARTS) is 1. The Hall–Kier alpha value is -1.10. The molecule has 0 bridgehead atoms. The van der Waals surface area contributed by atoms with Gasteiger partial charge in [0.05, 0.1) is 5.92 Å². The second-order valence-corrected chi connectivity index (χ2v) is 6.65. The third-order valence-corrected chi connectivity index (χ3v) is 4.49. The lowest BCUT2D eigenvalue weighted by Gasteiger charge is -2.40. The van der Waals surface area contributed by atoms with Crippen LogP contribution in [-0.4, -0.2) is 47.6 Å². The second-order valence-electron chi connectivity index (χ2n) is 6.65. The molecule has 0 radical (unpaired) electrons. The van der Waals surface area contributed by atoms with Gasteiger partial charge in [0, 0.05) is 31.6 Å². The molecule has 5 nitrogen and oxygen atoms in total. The van der Waals surface area contributed by atoms with E-state index in [1.807, 2.05) is 13.8 Å². The van der Waals surface area contributed by atoms with Gasteiger partial charge in [0.15, 0.2) is 0 Å². The maximum atomic E-state index is 11.8. The number of nitrogens with one attached hydrogen (secondary N) is 1.